The predicted octanol–water partition coefficient (Wildman–Crippen LogP) is 3.66. The maximum Gasteiger partial charge on any atom is 0.408 e. The number of carbonyl (C=O) groups is 2. The summed E-state index contributed by atoms with van der Waals surface area (Å²) in [5.41, 5.74) is 0.354. The van der Waals surface area contributed by atoms with E-state index in [0.29, 0.717) is 11.8 Å². The average molecular weight is 413 g/mol. The Morgan fingerprint density at radius 1 is 1.12 bits per heavy atom. The van der Waals surface area contributed by atoms with Crippen LogP contribution in [0.3, 0.4) is 0 Å². The molecule has 0 aliphatic rings. The molecule has 6 heteroatoms. The molecule has 0 aromatic heterocycles. The highest BCUT2D eigenvalue weighted by atomic mass is 79.9. The standard InChI is InChI=1S/C19H29BrN2O3/c1-13(2)16(12-20)21-17(23)15(11-14-9-7-6-8-10-14)22-18(24)25-19(3,4)5/h6-10,13,15-16H,11-12H2,1-5H3,(H,21,23)(H,22,24)/t15-,16+/m0/s1. The molecule has 0 bridgehead atoms. The molecule has 1 aromatic rings. The first-order valence-electron chi connectivity index (χ1n) is 8.52. The van der Waals surface area contributed by atoms with Crippen LogP contribution in [0.4, 0.5) is 4.79 Å². The van der Waals surface area contributed by atoms with Crippen LogP contribution in [0.15, 0.2) is 30.3 Å². The molecule has 0 saturated carbocycles. The molecule has 0 radical (unpaired) electrons. The number of halogens is 1. The summed E-state index contributed by atoms with van der Waals surface area (Å²) in [6.07, 6.45) is -0.192. The summed E-state index contributed by atoms with van der Waals surface area (Å²) in [7, 11) is 0. The summed E-state index contributed by atoms with van der Waals surface area (Å²) in [5.74, 6) is 0.0649. The smallest absolute Gasteiger partial charge is 0.408 e. The van der Waals surface area contributed by atoms with Gasteiger partial charge in [-0.25, -0.2) is 4.79 Å². The Labute approximate surface area is 159 Å². The second-order valence-electron chi connectivity index (χ2n) is 7.40. The van der Waals surface area contributed by atoms with Crippen LogP contribution in [0.5, 0.6) is 0 Å². The van der Waals surface area contributed by atoms with Crippen molar-refractivity contribution in [2.45, 2.75) is 58.7 Å². The predicted molar refractivity (Wildman–Crippen MR) is 104 cm³/mol. The molecule has 0 fully saturated rings. The summed E-state index contributed by atoms with van der Waals surface area (Å²) in [4.78, 5) is 24.9. The number of hydrogen-bond acceptors (Lipinski definition) is 3. The molecule has 0 aliphatic heterocycles. The summed E-state index contributed by atoms with van der Waals surface area (Å²) < 4.78 is 5.30. The van der Waals surface area contributed by atoms with Gasteiger partial charge in [0.15, 0.2) is 0 Å². The monoisotopic (exact) mass is 412 g/mol. The minimum absolute atomic E-state index is 0.00814. The van der Waals surface area contributed by atoms with Crippen LogP contribution in [-0.4, -0.2) is 35.0 Å². The minimum atomic E-state index is -0.697. The lowest BCUT2D eigenvalue weighted by Gasteiger charge is -2.26. The van der Waals surface area contributed by atoms with E-state index in [0.717, 1.165) is 5.56 Å². The number of hydrogen-bond donors (Lipinski definition) is 2. The molecule has 25 heavy (non-hydrogen) atoms. The first kappa shape index (κ1) is 21.5. The van der Waals surface area contributed by atoms with Crippen molar-refractivity contribution in [1.82, 2.24) is 10.6 Å². The topological polar surface area (TPSA) is 67.4 Å². The van der Waals surface area contributed by atoms with Crippen LogP contribution in [0, 0.1) is 5.92 Å². The highest BCUT2D eigenvalue weighted by Gasteiger charge is 2.26. The Bertz CT molecular complexity index is 556. The van der Waals surface area contributed by atoms with E-state index in [2.05, 4.69) is 26.6 Å². The average Bonchev–Trinajstić information content (AvgIpc) is 2.50. The van der Waals surface area contributed by atoms with E-state index in [1.165, 1.54) is 0 Å². The third kappa shape index (κ3) is 8.38. The van der Waals surface area contributed by atoms with E-state index < -0.39 is 17.7 Å². The van der Waals surface area contributed by atoms with E-state index in [1.807, 2.05) is 44.2 Å². The van der Waals surface area contributed by atoms with Gasteiger partial charge in [0.1, 0.15) is 11.6 Å². The fraction of sp³-hybridized carbons (Fsp3) is 0.579. The Morgan fingerprint density at radius 3 is 2.20 bits per heavy atom. The van der Waals surface area contributed by atoms with Gasteiger partial charge in [-0.05, 0) is 32.3 Å². The van der Waals surface area contributed by atoms with E-state index in [1.54, 1.807) is 20.8 Å². The maximum absolute atomic E-state index is 12.7. The number of rotatable bonds is 7. The quantitative estimate of drug-likeness (QED) is 0.671. The second kappa shape index (κ2) is 9.80. The lowest BCUT2D eigenvalue weighted by atomic mass is 10.0. The van der Waals surface area contributed by atoms with Gasteiger partial charge in [-0.3, -0.25) is 4.79 Å². The maximum atomic E-state index is 12.7. The molecule has 5 nitrogen and oxygen atoms in total. The summed E-state index contributed by atoms with van der Waals surface area (Å²) >= 11 is 3.42. The third-order valence-electron chi connectivity index (χ3n) is 3.59. The van der Waals surface area contributed by atoms with Crippen molar-refractivity contribution in [3.63, 3.8) is 0 Å². The zero-order valence-electron chi connectivity index (χ0n) is 15.6. The molecule has 1 aromatic carbocycles. The van der Waals surface area contributed by atoms with E-state index in [9.17, 15) is 9.59 Å². The first-order valence-corrected chi connectivity index (χ1v) is 9.64. The Morgan fingerprint density at radius 2 is 1.72 bits per heavy atom. The van der Waals surface area contributed by atoms with Crippen molar-refractivity contribution in [3.05, 3.63) is 35.9 Å². The first-order chi connectivity index (χ1) is 11.6. The molecule has 0 saturated heterocycles. The van der Waals surface area contributed by atoms with Crippen LogP contribution in [-0.2, 0) is 16.0 Å². The fourth-order valence-electron chi connectivity index (χ4n) is 2.18. The van der Waals surface area contributed by atoms with Crippen molar-refractivity contribution in [3.8, 4) is 0 Å². The lowest BCUT2D eigenvalue weighted by Crippen LogP contribution is -2.53. The van der Waals surface area contributed by atoms with Gasteiger partial charge in [-0.2, -0.15) is 0 Å². The molecule has 0 spiro atoms. The molecule has 0 unspecified atom stereocenters. The number of alkyl carbamates (subject to hydrolysis) is 1. The molecule has 2 atom stereocenters. The number of alkyl halides is 1. The van der Waals surface area contributed by atoms with Gasteiger partial charge in [0.25, 0.3) is 0 Å². The van der Waals surface area contributed by atoms with Crippen molar-refractivity contribution < 1.29 is 14.3 Å². The second-order valence-corrected chi connectivity index (χ2v) is 8.05. The molecular weight excluding hydrogens is 384 g/mol. The number of carbonyl (C=O) groups excluding carboxylic acids is 2. The number of ether oxygens (including phenoxy) is 1. The van der Waals surface area contributed by atoms with E-state index >= 15 is 0 Å². The molecular formula is C19H29BrN2O3. The van der Waals surface area contributed by atoms with Gasteiger partial charge in [0.05, 0.1) is 0 Å². The zero-order chi connectivity index (χ0) is 19.0. The van der Waals surface area contributed by atoms with Crippen molar-refractivity contribution in [2.75, 3.05) is 5.33 Å². The molecule has 1 rings (SSSR count). The van der Waals surface area contributed by atoms with Gasteiger partial charge >= 0.3 is 6.09 Å². The lowest BCUT2D eigenvalue weighted by molar-refractivity contribution is -0.124. The van der Waals surface area contributed by atoms with Gasteiger partial charge in [-0.15, -0.1) is 0 Å². The van der Waals surface area contributed by atoms with Gasteiger partial charge < -0.3 is 15.4 Å². The van der Waals surface area contributed by atoms with Crippen LogP contribution < -0.4 is 10.6 Å². The van der Waals surface area contributed by atoms with Crippen LogP contribution in [0.2, 0.25) is 0 Å². The number of nitrogens with one attached hydrogen (secondary N) is 2. The number of benzene rings is 1. The summed E-state index contributed by atoms with van der Waals surface area (Å²) in [5, 5.41) is 6.35. The third-order valence-corrected chi connectivity index (χ3v) is 4.29. The minimum Gasteiger partial charge on any atom is -0.444 e. The highest BCUT2D eigenvalue weighted by Crippen LogP contribution is 2.10. The van der Waals surface area contributed by atoms with Crippen LogP contribution >= 0.6 is 15.9 Å². The van der Waals surface area contributed by atoms with Gasteiger partial charge in [0, 0.05) is 17.8 Å². The molecule has 2 amide bonds. The normalized spacial score (nSPS) is 13.9. The largest absolute Gasteiger partial charge is 0.444 e. The summed E-state index contributed by atoms with van der Waals surface area (Å²) in [6, 6.07) is 8.90. The SMILES string of the molecule is CC(C)[C@@H](CBr)NC(=O)[C@H](Cc1ccccc1)NC(=O)OC(C)(C)C. The van der Waals surface area contributed by atoms with Crippen molar-refractivity contribution in [2.24, 2.45) is 5.92 Å². The Hall–Kier alpha value is -1.56. The van der Waals surface area contributed by atoms with Gasteiger partial charge in [0.2, 0.25) is 5.91 Å². The number of amides is 2. The van der Waals surface area contributed by atoms with Crippen molar-refractivity contribution >= 4 is 27.9 Å². The van der Waals surface area contributed by atoms with Crippen LogP contribution in [0.1, 0.15) is 40.2 Å². The Kier molecular flexibility index (Phi) is 8.42. The Balaban J connectivity index is 2.86. The van der Waals surface area contributed by atoms with Gasteiger partial charge in [-0.1, -0.05) is 60.1 Å². The fourth-order valence-corrected chi connectivity index (χ4v) is 3.09. The van der Waals surface area contributed by atoms with E-state index in [-0.39, 0.29) is 17.9 Å². The molecule has 2 N–H and O–H groups in total. The molecule has 140 valence electrons. The highest BCUT2D eigenvalue weighted by molar-refractivity contribution is 9.09. The van der Waals surface area contributed by atoms with E-state index in [4.69, 9.17) is 4.74 Å². The molecule has 0 heterocycles. The molecule has 0 aliphatic carbocycles. The zero-order valence-corrected chi connectivity index (χ0v) is 17.2. The van der Waals surface area contributed by atoms with Crippen LogP contribution in [0.25, 0.3) is 0 Å². The summed E-state index contributed by atoms with van der Waals surface area (Å²) in [6.45, 7) is 9.45. The van der Waals surface area contributed by atoms with Crippen molar-refractivity contribution in [1.29, 1.82) is 0 Å².